The second-order valence-corrected chi connectivity index (χ2v) is 6.38. The van der Waals surface area contributed by atoms with Crippen LogP contribution in [0.15, 0.2) is 30.3 Å². The summed E-state index contributed by atoms with van der Waals surface area (Å²) in [5, 5.41) is 8.58. The molecule has 1 saturated carbocycles. The van der Waals surface area contributed by atoms with E-state index in [1.807, 2.05) is 29.2 Å². The van der Waals surface area contributed by atoms with Gasteiger partial charge in [0.2, 0.25) is 5.91 Å². The van der Waals surface area contributed by atoms with Crippen LogP contribution in [0.1, 0.15) is 24.8 Å². The van der Waals surface area contributed by atoms with Gasteiger partial charge in [-0.15, -0.1) is 0 Å². The van der Waals surface area contributed by atoms with Crippen LogP contribution in [0.25, 0.3) is 6.08 Å². The maximum atomic E-state index is 12.2. The fraction of sp³-hybridized carbons (Fsp3) is 0.444. The van der Waals surface area contributed by atoms with Gasteiger partial charge in [-0.05, 0) is 36.5 Å². The number of rotatable bonds is 5. The van der Waals surface area contributed by atoms with Gasteiger partial charge in [-0.1, -0.05) is 18.2 Å². The zero-order valence-electron chi connectivity index (χ0n) is 13.6. The summed E-state index contributed by atoms with van der Waals surface area (Å²) in [5.41, 5.74) is 3.54. The van der Waals surface area contributed by atoms with E-state index in [1.54, 1.807) is 11.6 Å². The molecule has 24 heavy (non-hydrogen) atoms. The lowest BCUT2D eigenvalue weighted by atomic mass is 10.1. The Morgan fingerprint density at radius 2 is 1.88 bits per heavy atom. The molecule has 6 nitrogen and oxygen atoms in total. The van der Waals surface area contributed by atoms with Gasteiger partial charge in [0, 0.05) is 44.4 Å². The first-order valence-corrected chi connectivity index (χ1v) is 8.41. The zero-order chi connectivity index (χ0) is 16.9. The van der Waals surface area contributed by atoms with E-state index in [4.69, 9.17) is 5.21 Å². The number of hydrogen-bond donors (Lipinski definition) is 2. The molecular weight excluding hydrogens is 306 g/mol. The van der Waals surface area contributed by atoms with Crippen molar-refractivity contribution < 1.29 is 14.8 Å². The summed E-state index contributed by atoms with van der Waals surface area (Å²) in [6.45, 7) is 3.04. The second-order valence-electron chi connectivity index (χ2n) is 6.38. The third kappa shape index (κ3) is 4.14. The van der Waals surface area contributed by atoms with Crippen molar-refractivity contribution in [2.24, 2.45) is 5.92 Å². The first-order valence-electron chi connectivity index (χ1n) is 8.41. The highest BCUT2D eigenvalue weighted by molar-refractivity contribution is 5.91. The molecule has 2 amide bonds. The molecule has 1 aliphatic heterocycles. The number of carbonyl (C=O) groups excluding carboxylic acids is 2. The Bertz CT molecular complexity index is 632. The highest BCUT2D eigenvalue weighted by Gasteiger charge is 2.28. The van der Waals surface area contributed by atoms with E-state index < -0.39 is 5.91 Å². The molecule has 1 saturated heterocycles. The van der Waals surface area contributed by atoms with E-state index in [0.29, 0.717) is 12.3 Å². The maximum absolute atomic E-state index is 12.2. The SMILES string of the molecule is O=C(/C=C/c1ccccc1N1CCN(C(=O)CC2CC2)CC1)NO. The van der Waals surface area contributed by atoms with E-state index in [2.05, 4.69) is 4.90 Å². The summed E-state index contributed by atoms with van der Waals surface area (Å²) >= 11 is 0. The molecule has 0 unspecified atom stereocenters. The fourth-order valence-corrected chi connectivity index (χ4v) is 3.01. The third-order valence-electron chi connectivity index (χ3n) is 4.59. The number of benzene rings is 1. The summed E-state index contributed by atoms with van der Waals surface area (Å²) < 4.78 is 0. The predicted octanol–water partition coefficient (Wildman–Crippen LogP) is 1.65. The molecule has 1 heterocycles. The Morgan fingerprint density at radius 3 is 2.54 bits per heavy atom. The third-order valence-corrected chi connectivity index (χ3v) is 4.59. The zero-order valence-corrected chi connectivity index (χ0v) is 13.6. The van der Waals surface area contributed by atoms with Crippen molar-refractivity contribution in [3.8, 4) is 0 Å². The smallest absolute Gasteiger partial charge is 0.267 e. The van der Waals surface area contributed by atoms with Gasteiger partial charge < -0.3 is 9.80 Å². The van der Waals surface area contributed by atoms with Crippen LogP contribution < -0.4 is 10.4 Å². The van der Waals surface area contributed by atoms with Crippen molar-refractivity contribution in [3.05, 3.63) is 35.9 Å². The van der Waals surface area contributed by atoms with E-state index in [-0.39, 0.29) is 5.91 Å². The molecule has 0 spiro atoms. The topological polar surface area (TPSA) is 72.9 Å². The van der Waals surface area contributed by atoms with Gasteiger partial charge in [0.1, 0.15) is 0 Å². The van der Waals surface area contributed by atoms with Crippen LogP contribution in [0.4, 0.5) is 5.69 Å². The van der Waals surface area contributed by atoms with Gasteiger partial charge in [0.05, 0.1) is 0 Å². The average Bonchev–Trinajstić information content (AvgIpc) is 3.44. The summed E-state index contributed by atoms with van der Waals surface area (Å²) in [4.78, 5) is 27.6. The summed E-state index contributed by atoms with van der Waals surface area (Å²) in [6.07, 6.45) is 6.09. The van der Waals surface area contributed by atoms with E-state index in [1.165, 1.54) is 18.9 Å². The van der Waals surface area contributed by atoms with Gasteiger partial charge in [-0.3, -0.25) is 14.8 Å². The van der Waals surface area contributed by atoms with Crippen LogP contribution in [0.2, 0.25) is 0 Å². The van der Waals surface area contributed by atoms with Crippen LogP contribution >= 0.6 is 0 Å². The summed E-state index contributed by atoms with van der Waals surface area (Å²) in [6, 6.07) is 7.82. The minimum absolute atomic E-state index is 0.282. The minimum atomic E-state index is -0.555. The quantitative estimate of drug-likeness (QED) is 0.489. The number of hydrogen-bond acceptors (Lipinski definition) is 4. The molecule has 0 radical (unpaired) electrons. The molecule has 0 aromatic heterocycles. The Kier molecular flexibility index (Phi) is 5.15. The number of nitrogens with zero attached hydrogens (tertiary/aromatic N) is 2. The predicted molar refractivity (Wildman–Crippen MR) is 91.5 cm³/mol. The van der Waals surface area contributed by atoms with Crippen molar-refractivity contribution in [1.82, 2.24) is 10.4 Å². The van der Waals surface area contributed by atoms with Crippen molar-refractivity contribution in [2.75, 3.05) is 31.1 Å². The molecule has 1 aromatic carbocycles. The number of carbonyl (C=O) groups is 2. The lowest BCUT2D eigenvalue weighted by Crippen LogP contribution is -2.49. The number of nitrogens with one attached hydrogen (secondary N) is 1. The average molecular weight is 329 g/mol. The molecule has 0 bridgehead atoms. The van der Waals surface area contributed by atoms with Crippen molar-refractivity contribution >= 4 is 23.6 Å². The van der Waals surface area contributed by atoms with Crippen molar-refractivity contribution in [3.63, 3.8) is 0 Å². The molecule has 128 valence electrons. The molecule has 2 N–H and O–H groups in total. The maximum Gasteiger partial charge on any atom is 0.267 e. The molecule has 6 heteroatoms. The summed E-state index contributed by atoms with van der Waals surface area (Å²) in [7, 11) is 0. The monoisotopic (exact) mass is 329 g/mol. The van der Waals surface area contributed by atoms with Crippen LogP contribution in [0.3, 0.4) is 0 Å². The number of amides is 2. The first-order chi connectivity index (χ1) is 11.7. The summed E-state index contributed by atoms with van der Waals surface area (Å²) in [5.74, 6) is 0.351. The van der Waals surface area contributed by atoms with Gasteiger partial charge in [-0.25, -0.2) is 5.48 Å². The number of hydroxylamine groups is 1. The number of anilines is 1. The fourth-order valence-electron chi connectivity index (χ4n) is 3.01. The minimum Gasteiger partial charge on any atom is -0.367 e. The van der Waals surface area contributed by atoms with Crippen LogP contribution in [-0.4, -0.2) is 48.1 Å². The van der Waals surface area contributed by atoms with Gasteiger partial charge in [0.15, 0.2) is 0 Å². The number of piperazine rings is 1. The largest absolute Gasteiger partial charge is 0.367 e. The Hall–Kier alpha value is -2.34. The first kappa shape index (κ1) is 16.5. The Balaban J connectivity index is 1.62. The lowest BCUT2D eigenvalue weighted by molar-refractivity contribution is -0.131. The molecule has 3 rings (SSSR count). The molecule has 1 aromatic rings. The Labute approximate surface area is 141 Å². The van der Waals surface area contributed by atoms with Crippen LogP contribution in [0.5, 0.6) is 0 Å². The van der Waals surface area contributed by atoms with Crippen LogP contribution in [-0.2, 0) is 9.59 Å². The van der Waals surface area contributed by atoms with E-state index in [9.17, 15) is 9.59 Å². The van der Waals surface area contributed by atoms with E-state index >= 15 is 0 Å². The van der Waals surface area contributed by atoms with E-state index in [0.717, 1.165) is 37.4 Å². The molecule has 1 aliphatic carbocycles. The van der Waals surface area contributed by atoms with Gasteiger partial charge in [-0.2, -0.15) is 0 Å². The molecule has 2 aliphatic rings. The second kappa shape index (κ2) is 7.49. The normalized spacial score (nSPS) is 18.0. The number of para-hydroxylation sites is 1. The highest BCUT2D eigenvalue weighted by atomic mass is 16.5. The lowest BCUT2D eigenvalue weighted by Gasteiger charge is -2.37. The Morgan fingerprint density at radius 1 is 1.17 bits per heavy atom. The molecular formula is C18H23N3O3. The highest BCUT2D eigenvalue weighted by Crippen LogP contribution is 2.33. The van der Waals surface area contributed by atoms with Gasteiger partial charge in [0.25, 0.3) is 5.91 Å². The standard InChI is InChI=1S/C18H23N3O3/c22-17(19-24)8-7-15-3-1-2-4-16(15)20-9-11-21(12-10-20)18(23)13-14-5-6-14/h1-4,7-8,14,24H,5-6,9-13H2,(H,19,22)/b8-7+. The molecule has 2 fully saturated rings. The van der Waals surface area contributed by atoms with Crippen molar-refractivity contribution in [1.29, 1.82) is 0 Å². The van der Waals surface area contributed by atoms with Gasteiger partial charge >= 0.3 is 0 Å². The van der Waals surface area contributed by atoms with Crippen LogP contribution in [0, 0.1) is 5.92 Å². The van der Waals surface area contributed by atoms with Crippen molar-refractivity contribution in [2.45, 2.75) is 19.3 Å². The molecule has 0 atom stereocenters.